The van der Waals surface area contributed by atoms with Gasteiger partial charge in [0, 0.05) is 80.0 Å². The van der Waals surface area contributed by atoms with E-state index >= 15 is 19.2 Å². The first-order valence-electron chi connectivity index (χ1n) is 30.7. The molecule has 90 heavy (non-hydrogen) atoms. The molecular formula is C76H82Br2N2O10. The summed E-state index contributed by atoms with van der Waals surface area (Å²) in [4.78, 5) is 68.6. The van der Waals surface area contributed by atoms with E-state index in [9.17, 15) is 10.2 Å². The molecule has 6 atom stereocenters. The van der Waals surface area contributed by atoms with Crippen LogP contribution in [-0.4, -0.2) is 91.3 Å². The van der Waals surface area contributed by atoms with Crippen LogP contribution in [0.25, 0.3) is 0 Å². The average molecular weight is 1340 g/mol. The van der Waals surface area contributed by atoms with Crippen molar-refractivity contribution < 1.29 is 48.3 Å². The molecule has 2 N–H and O–H groups in total. The number of aliphatic hydroxyl groups is 2. The van der Waals surface area contributed by atoms with E-state index in [2.05, 4.69) is 31.9 Å². The van der Waals surface area contributed by atoms with Crippen LogP contribution in [0.1, 0.15) is 145 Å². The minimum Gasteiger partial charge on any atom is -0.489 e. The zero-order valence-electron chi connectivity index (χ0n) is 52.9. The highest BCUT2D eigenvalue weighted by Crippen LogP contribution is 2.43. The molecule has 8 aromatic rings. The van der Waals surface area contributed by atoms with Crippen molar-refractivity contribution in [2.75, 3.05) is 0 Å². The van der Waals surface area contributed by atoms with Gasteiger partial charge in [-0.3, -0.25) is 19.4 Å². The Morgan fingerprint density at radius 3 is 1.02 bits per heavy atom. The lowest BCUT2D eigenvalue weighted by Gasteiger charge is -2.44. The SMILES string of the molecule is Cc1ccc(C(=O)C(O)(C(=O)OC(C[C@@H](c2ccccc2)c2cc(Br)ccc2OCc2ccccc2)N(C(C)C)C(C)C)C(O)(C(=O)OC(C[C@@H](c2ccccc2)c2cc(Br)ccc2OCc2ccccc2)N(C(C)C)C(C)C)C(=O)c2ccc(C)cc2)cc1. The maximum atomic E-state index is 16.4. The van der Waals surface area contributed by atoms with Gasteiger partial charge in [-0.25, -0.2) is 9.59 Å². The van der Waals surface area contributed by atoms with Gasteiger partial charge in [0.15, 0.2) is 12.5 Å². The molecule has 0 fully saturated rings. The number of Topliss-reactive ketones (excluding diaryl/α,β-unsaturated/α-hetero) is 2. The predicted octanol–water partition coefficient (Wildman–Crippen LogP) is 15.9. The van der Waals surface area contributed by atoms with Crippen LogP contribution in [0, 0.1) is 13.8 Å². The van der Waals surface area contributed by atoms with Gasteiger partial charge in [0.2, 0.25) is 11.6 Å². The van der Waals surface area contributed by atoms with Crippen molar-refractivity contribution in [1.82, 2.24) is 9.80 Å². The molecule has 470 valence electrons. The summed E-state index contributed by atoms with van der Waals surface area (Å²) < 4.78 is 28.2. The van der Waals surface area contributed by atoms with Crippen LogP contribution >= 0.6 is 31.9 Å². The number of hydrogen-bond acceptors (Lipinski definition) is 12. The Hall–Kier alpha value is -7.56. The zero-order valence-corrected chi connectivity index (χ0v) is 56.1. The van der Waals surface area contributed by atoms with Gasteiger partial charge in [0.1, 0.15) is 24.7 Å². The molecule has 14 heteroatoms. The Bertz CT molecular complexity index is 3410. The molecular weight excluding hydrogens is 1260 g/mol. The van der Waals surface area contributed by atoms with Crippen LogP contribution in [-0.2, 0) is 32.3 Å². The first-order chi connectivity index (χ1) is 43.0. The second kappa shape index (κ2) is 31.0. The molecule has 8 rings (SSSR count). The van der Waals surface area contributed by atoms with Gasteiger partial charge in [-0.1, -0.05) is 213 Å². The van der Waals surface area contributed by atoms with Crippen molar-refractivity contribution >= 4 is 55.4 Å². The van der Waals surface area contributed by atoms with Crippen molar-refractivity contribution in [2.24, 2.45) is 0 Å². The molecule has 0 heterocycles. The highest BCUT2D eigenvalue weighted by molar-refractivity contribution is 9.10. The third kappa shape index (κ3) is 16.1. The minimum atomic E-state index is -4.05. The van der Waals surface area contributed by atoms with Gasteiger partial charge in [-0.2, -0.15) is 0 Å². The van der Waals surface area contributed by atoms with Crippen LogP contribution < -0.4 is 9.47 Å². The number of rotatable bonds is 29. The van der Waals surface area contributed by atoms with Crippen LogP contribution in [0.4, 0.5) is 0 Å². The summed E-state index contributed by atoms with van der Waals surface area (Å²) in [5, 5.41) is 28.1. The van der Waals surface area contributed by atoms with Crippen LogP contribution in [0.15, 0.2) is 215 Å². The maximum Gasteiger partial charge on any atom is 0.352 e. The van der Waals surface area contributed by atoms with Crippen LogP contribution in [0.5, 0.6) is 11.5 Å². The fourth-order valence-electron chi connectivity index (χ4n) is 12.0. The molecule has 0 aliphatic carbocycles. The Kier molecular flexibility index (Phi) is 23.5. The maximum absolute atomic E-state index is 16.4. The number of nitrogens with zero attached hydrogens (tertiary/aromatic N) is 2. The summed E-state index contributed by atoms with van der Waals surface area (Å²) in [5.41, 5.74) is -2.32. The average Bonchev–Trinajstić information content (AvgIpc) is 0.748. The highest BCUT2D eigenvalue weighted by Gasteiger charge is 2.71. The topological polar surface area (TPSA) is 152 Å². The fraction of sp³-hybridized carbons (Fsp3) is 0.316. The lowest BCUT2D eigenvalue weighted by Crippen LogP contribution is -2.73. The highest BCUT2D eigenvalue weighted by atomic mass is 79.9. The van der Waals surface area contributed by atoms with Gasteiger partial charge in [-0.15, -0.1) is 0 Å². The van der Waals surface area contributed by atoms with E-state index in [0.29, 0.717) is 11.5 Å². The monoisotopic (exact) mass is 1340 g/mol. The van der Waals surface area contributed by atoms with E-state index in [1.165, 1.54) is 24.3 Å². The number of hydrogen-bond donors (Lipinski definition) is 2. The van der Waals surface area contributed by atoms with Crippen molar-refractivity contribution in [3.8, 4) is 11.5 Å². The molecule has 0 saturated heterocycles. The standard InChI is InChI=1S/C76H82Br2N2O10/c1-49(2)79(50(3)4)69(45-63(57-27-19-13-20-28-57)65-43-61(77)39-41-67(65)87-47-55-23-15-11-16-24-55)89-73(83)75(85,71(81)59-35-31-53(9)32-36-59)76(86,72(82)60-37-33-54(10)34-38-60)74(84)90-70(80(51(5)6)52(7)8)46-64(58-29-21-14-22-30-58)66-44-62(78)40-42-68(66)88-48-56-25-17-12-18-26-56/h11-44,49-52,63-64,69-70,85-86H,45-48H2,1-10H3/t63-,64-,69?,70?,75?,76?/m0/s1. The van der Waals surface area contributed by atoms with E-state index in [0.717, 1.165) is 53.5 Å². The number of ketones is 2. The molecule has 0 saturated carbocycles. The van der Waals surface area contributed by atoms with E-state index < -0.39 is 59.0 Å². The number of halogens is 2. The summed E-state index contributed by atoms with van der Waals surface area (Å²) in [6.07, 6.45) is -2.73. The largest absolute Gasteiger partial charge is 0.489 e. The Labute approximate surface area is 547 Å². The molecule has 0 aromatic heterocycles. The molecule has 8 aromatic carbocycles. The van der Waals surface area contributed by atoms with Gasteiger partial charge < -0.3 is 29.2 Å². The smallest absolute Gasteiger partial charge is 0.352 e. The van der Waals surface area contributed by atoms with Crippen LogP contribution in [0.3, 0.4) is 0 Å². The number of ether oxygens (including phenoxy) is 4. The van der Waals surface area contributed by atoms with Crippen molar-refractivity contribution in [3.63, 3.8) is 0 Å². The molecule has 12 nitrogen and oxygen atoms in total. The fourth-order valence-corrected chi connectivity index (χ4v) is 12.8. The lowest BCUT2D eigenvalue weighted by atomic mass is 9.72. The quantitative estimate of drug-likeness (QED) is 0.0199. The molecule has 4 unspecified atom stereocenters. The summed E-state index contributed by atoms with van der Waals surface area (Å²) in [5.74, 6) is -6.61. The van der Waals surface area contributed by atoms with Gasteiger partial charge >= 0.3 is 11.9 Å². The van der Waals surface area contributed by atoms with Crippen molar-refractivity contribution in [2.45, 2.75) is 155 Å². The van der Waals surface area contributed by atoms with Gasteiger partial charge in [0.25, 0.3) is 11.2 Å². The second-order valence-electron chi connectivity index (χ2n) is 24.1. The summed E-state index contributed by atoms with van der Waals surface area (Å²) in [6, 6.07) is 60.5. The molecule has 0 bridgehead atoms. The summed E-state index contributed by atoms with van der Waals surface area (Å²) >= 11 is 7.44. The summed E-state index contributed by atoms with van der Waals surface area (Å²) in [6.45, 7) is 19.5. The van der Waals surface area contributed by atoms with Crippen molar-refractivity contribution in [3.05, 3.63) is 271 Å². The van der Waals surface area contributed by atoms with Crippen LogP contribution in [0.2, 0.25) is 0 Å². The van der Waals surface area contributed by atoms with Gasteiger partial charge in [-0.05, 0) is 128 Å². The Balaban J connectivity index is 1.32. The minimum absolute atomic E-state index is 0.0266. The second-order valence-corrected chi connectivity index (χ2v) is 25.9. The first kappa shape index (κ1) is 68.4. The number of benzene rings is 8. The number of esters is 2. The third-order valence-corrected chi connectivity index (χ3v) is 17.4. The third-order valence-electron chi connectivity index (χ3n) is 16.4. The van der Waals surface area contributed by atoms with Crippen molar-refractivity contribution in [1.29, 1.82) is 0 Å². The van der Waals surface area contributed by atoms with Gasteiger partial charge in [0.05, 0.1) is 0 Å². The van der Waals surface area contributed by atoms with E-state index in [1.807, 2.05) is 223 Å². The van der Waals surface area contributed by atoms with E-state index in [-0.39, 0.29) is 61.3 Å². The molecule has 0 amide bonds. The Morgan fingerprint density at radius 1 is 0.422 bits per heavy atom. The zero-order chi connectivity index (χ0) is 64.9. The Morgan fingerprint density at radius 2 is 0.722 bits per heavy atom. The van der Waals surface area contributed by atoms with E-state index in [4.69, 9.17) is 18.9 Å². The number of carbonyl (C=O) groups excluding carboxylic acids is 4. The van der Waals surface area contributed by atoms with E-state index in [1.54, 1.807) is 38.1 Å². The number of aryl methyl sites for hydroxylation is 2. The first-order valence-corrected chi connectivity index (χ1v) is 32.3. The molecule has 0 radical (unpaired) electrons. The number of carbonyl (C=O) groups is 4. The molecule has 0 aliphatic rings. The summed E-state index contributed by atoms with van der Waals surface area (Å²) in [7, 11) is 0. The molecule has 0 spiro atoms. The lowest BCUT2D eigenvalue weighted by molar-refractivity contribution is -0.212. The predicted molar refractivity (Wildman–Crippen MR) is 361 cm³/mol. The molecule has 0 aliphatic heterocycles. The normalized spacial score (nSPS) is 14.4.